The van der Waals surface area contributed by atoms with E-state index in [1.54, 1.807) is 25.3 Å². The molecule has 0 bridgehead atoms. The van der Waals surface area contributed by atoms with E-state index in [1.807, 2.05) is 42.5 Å². The molecule has 26 heavy (non-hydrogen) atoms. The van der Waals surface area contributed by atoms with E-state index in [0.29, 0.717) is 16.8 Å². The lowest BCUT2D eigenvalue weighted by molar-refractivity contribution is 0.0330. The average Bonchev–Trinajstić information content (AvgIpc) is 3.21. The largest absolute Gasteiger partial charge is 0.466 e. The van der Waals surface area contributed by atoms with E-state index in [9.17, 15) is 9.90 Å². The lowest BCUT2D eigenvalue weighted by Crippen LogP contribution is -2.38. The first-order valence-electron chi connectivity index (χ1n) is 8.37. The van der Waals surface area contributed by atoms with Crippen LogP contribution in [0.15, 0.2) is 71.5 Å². The Morgan fingerprint density at radius 3 is 2.77 bits per heavy atom. The monoisotopic (exact) mass is 346 g/mol. The molecule has 0 aliphatic carbocycles. The standard InChI is InChI=1S/C21H18N2O3/c1-21(25,18-9-5-11-26-18)13-23-20(24)17-12-14-6-2-3-7-15(14)16-8-4-10-22-19(16)17/h2-12,25H,13H2,1H3,(H,23,24). The van der Waals surface area contributed by atoms with Crippen LogP contribution < -0.4 is 5.32 Å². The van der Waals surface area contributed by atoms with Gasteiger partial charge in [0.05, 0.1) is 23.9 Å². The Kier molecular flexibility index (Phi) is 3.93. The second kappa shape index (κ2) is 6.28. The van der Waals surface area contributed by atoms with Crippen LogP contribution in [-0.4, -0.2) is 22.5 Å². The molecule has 1 atom stereocenters. The first-order chi connectivity index (χ1) is 12.6. The molecule has 0 saturated heterocycles. The Labute approximate surface area is 150 Å². The highest BCUT2D eigenvalue weighted by Gasteiger charge is 2.27. The lowest BCUT2D eigenvalue weighted by atomic mass is 9.99. The minimum Gasteiger partial charge on any atom is -0.466 e. The van der Waals surface area contributed by atoms with Gasteiger partial charge in [-0.2, -0.15) is 0 Å². The van der Waals surface area contributed by atoms with E-state index < -0.39 is 5.60 Å². The highest BCUT2D eigenvalue weighted by molar-refractivity contribution is 6.15. The Balaban J connectivity index is 1.70. The molecule has 0 fully saturated rings. The van der Waals surface area contributed by atoms with Gasteiger partial charge in [0.1, 0.15) is 11.4 Å². The third-order valence-electron chi connectivity index (χ3n) is 4.50. The molecular formula is C21H18N2O3. The van der Waals surface area contributed by atoms with Crippen LogP contribution in [-0.2, 0) is 5.60 Å². The normalized spacial score (nSPS) is 13.6. The van der Waals surface area contributed by atoms with Crippen molar-refractivity contribution in [3.63, 3.8) is 0 Å². The predicted octanol–water partition coefficient (Wildman–Crippen LogP) is 3.62. The van der Waals surface area contributed by atoms with Crippen LogP contribution in [0.4, 0.5) is 0 Å². The van der Waals surface area contributed by atoms with E-state index in [-0.39, 0.29) is 12.5 Å². The third kappa shape index (κ3) is 2.82. The van der Waals surface area contributed by atoms with Crippen molar-refractivity contribution >= 4 is 27.6 Å². The van der Waals surface area contributed by atoms with E-state index in [0.717, 1.165) is 16.2 Å². The SMILES string of the molecule is CC(O)(CNC(=O)c1cc2ccccc2c2cccnc12)c1ccco1. The average molecular weight is 346 g/mol. The number of hydrogen-bond acceptors (Lipinski definition) is 4. The van der Waals surface area contributed by atoms with Crippen molar-refractivity contribution in [1.29, 1.82) is 0 Å². The molecule has 0 aliphatic heterocycles. The van der Waals surface area contributed by atoms with Crippen LogP contribution in [0.2, 0.25) is 0 Å². The zero-order valence-electron chi connectivity index (χ0n) is 14.3. The smallest absolute Gasteiger partial charge is 0.253 e. The molecule has 0 radical (unpaired) electrons. The van der Waals surface area contributed by atoms with Crippen molar-refractivity contribution in [3.8, 4) is 0 Å². The van der Waals surface area contributed by atoms with Crippen molar-refractivity contribution < 1.29 is 14.3 Å². The highest BCUT2D eigenvalue weighted by atomic mass is 16.4. The van der Waals surface area contributed by atoms with E-state index in [2.05, 4.69) is 10.3 Å². The van der Waals surface area contributed by atoms with Gasteiger partial charge in [0.25, 0.3) is 5.91 Å². The van der Waals surface area contributed by atoms with Crippen LogP contribution in [0, 0.1) is 0 Å². The zero-order valence-corrected chi connectivity index (χ0v) is 14.3. The molecule has 0 spiro atoms. The van der Waals surface area contributed by atoms with Gasteiger partial charge in [-0.25, -0.2) is 0 Å². The lowest BCUT2D eigenvalue weighted by Gasteiger charge is -2.21. The van der Waals surface area contributed by atoms with Crippen molar-refractivity contribution in [1.82, 2.24) is 10.3 Å². The van der Waals surface area contributed by atoms with Crippen molar-refractivity contribution in [2.45, 2.75) is 12.5 Å². The molecule has 2 heterocycles. The van der Waals surface area contributed by atoms with Crippen molar-refractivity contribution in [2.75, 3.05) is 6.54 Å². The van der Waals surface area contributed by atoms with Crippen LogP contribution in [0.1, 0.15) is 23.0 Å². The summed E-state index contributed by atoms with van der Waals surface area (Å²) in [5.41, 5.74) is -0.171. The summed E-state index contributed by atoms with van der Waals surface area (Å²) in [5.74, 6) is 0.116. The summed E-state index contributed by atoms with van der Waals surface area (Å²) in [5, 5.41) is 16.3. The van der Waals surface area contributed by atoms with Gasteiger partial charge in [0, 0.05) is 11.6 Å². The van der Waals surface area contributed by atoms with Gasteiger partial charge < -0.3 is 14.8 Å². The molecule has 2 aromatic carbocycles. The number of carbonyl (C=O) groups is 1. The number of nitrogens with one attached hydrogen (secondary N) is 1. The molecule has 2 aromatic heterocycles. The molecule has 4 rings (SSSR count). The molecule has 1 amide bonds. The minimum absolute atomic E-state index is 0.0283. The molecule has 0 aliphatic rings. The van der Waals surface area contributed by atoms with Crippen molar-refractivity contribution in [2.24, 2.45) is 0 Å². The number of benzene rings is 2. The summed E-state index contributed by atoms with van der Waals surface area (Å²) >= 11 is 0. The minimum atomic E-state index is -1.29. The summed E-state index contributed by atoms with van der Waals surface area (Å²) in [6, 6.07) is 16.9. The topological polar surface area (TPSA) is 75.4 Å². The molecular weight excluding hydrogens is 328 g/mol. The molecule has 2 N–H and O–H groups in total. The van der Waals surface area contributed by atoms with Gasteiger partial charge in [-0.1, -0.05) is 30.3 Å². The predicted molar refractivity (Wildman–Crippen MR) is 99.9 cm³/mol. The van der Waals surface area contributed by atoms with Crippen LogP contribution in [0.3, 0.4) is 0 Å². The number of furan rings is 1. The fraction of sp³-hybridized carbons (Fsp3) is 0.143. The molecule has 4 aromatic rings. The highest BCUT2D eigenvalue weighted by Crippen LogP contribution is 2.27. The van der Waals surface area contributed by atoms with Gasteiger partial charge >= 0.3 is 0 Å². The van der Waals surface area contributed by atoms with Gasteiger partial charge in [-0.15, -0.1) is 0 Å². The maximum absolute atomic E-state index is 12.8. The van der Waals surface area contributed by atoms with Crippen molar-refractivity contribution in [3.05, 3.63) is 78.4 Å². The number of carbonyl (C=O) groups excluding carboxylic acids is 1. The number of nitrogens with zero attached hydrogens (tertiary/aromatic N) is 1. The quantitative estimate of drug-likeness (QED) is 0.554. The number of aromatic nitrogens is 1. The maximum atomic E-state index is 12.8. The molecule has 130 valence electrons. The van der Waals surface area contributed by atoms with E-state index in [1.165, 1.54) is 6.26 Å². The van der Waals surface area contributed by atoms with Gasteiger partial charge in [-0.3, -0.25) is 9.78 Å². The number of pyridine rings is 1. The molecule has 5 heteroatoms. The molecule has 0 saturated carbocycles. The Bertz CT molecular complexity index is 1090. The van der Waals surface area contributed by atoms with E-state index in [4.69, 9.17) is 4.42 Å². The van der Waals surface area contributed by atoms with E-state index >= 15 is 0 Å². The molecule has 5 nitrogen and oxygen atoms in total. The number of hydrogen-bond donors (Lipinski definition) is 2. The molecule has 1 unspecified atom stereocenters. The first-order valence-corrected chi connectivity index (χ1v) is 8.37. The van der Waals surface area contributed by atoms with Crippen LogP contribution in [0.25, 0.3) is 21.7 Å². The van der Waals surface area contributed by atoms with Gasteiger partial charge in [0.2, 0.25) is 0 Å². The number of aliphatic hydroxyl groups is 1. The van der Waals surface area contributed by atoms with Crippen LogP contribution in [0.5, 0.6) is 0 Å². The van der Waals surface area contributed by atoms with Gasteiger partial charge in [0.15, 0.2) is 0 Å². The number of fused-ring (bicyclic) bond motifs is 3. The maximum Gasteiger partial charge on any atom is 0.253 e. The number of rotatable bonds is 4. The summed E-state index contributed by atoms with van der Waals surface area (Å²) < 4.78 is 5.25. The Hall–Kier alpha value is -3.18. The van der Waals surface area contributed by atoms with Crippen LogP contribution >= 0.6 is 0 Å². The Morgan fingerprint density at radius 1 is 1.15 bits per heavy atom. The van der Waals surface area contributed by atoms with Gasteiger partial charge in [-0.05, 0) is 42.0 Å². The summed E-state index contributed by atoms with van der Waals surface area (Å²) in [6.45, 7) is 1.63. The fourth-order valence-corrected chi connectivity index (χ4v) is 3.12. The summed E-state index contributed by atoms with van der Waals surface area (Å²) in [6.07, 6.45) is 3.17. The fourth-order valence-electron chi connectivity index (χ4n) is 3.12. The second-order valence-electron chi connectivity index (χ2n) is 6.48. The third-order valence-corrected chi connectivity index (χ3v) is 4.50. The summed E-state index contributed by atoms with van der Waals surface area (Å²) in [7, 11) is 0. The first kappa shape index (κ1) is 16.3. The summed E-state index contributed by atoms with van der Waals surface area (Å²) in [4.78, 5) is 17.2. The second-order valence-corrected chi connectivity index (χ2v) is 6.48. The number of amides is 1. The zero-order chi connectivity index (χ0) is 18.1. The Morgan fingerprint density at radius 2 is 1.96 bits per heavy atom.